The molecule has 0 radical (unpaired) electrons. The molecule has 0 saturated heterocycles. The van der Waals surface area contributed by atoms with Gasteiger partial charge in [-0.1, -0.05) is 20.8 Å². The summed E-state index contributed by atoms with van der Waals surface area (Å²) in [6, 6.07) is 0. The molecule has 0 spiro atoms. The predicted molar refractivity (Wildman–Crippen MR) is 82.2 cm³/mol. The molecule has 5 nitrogen and oxygen atoms in total. The van der Waals surface area contributed by atoms with Crippen LogP contribution in [0.2, 0.25) is 0 Å². The highest BCUT2D eigenvalue weighted by Gasteiger charge is 2.25. The minimum Gasteiger partial charge on any atom is -0.355 e. The highest BCUT2D eigenvalue weighted by Crippen LogP contribution is 2.32. The van der Waals surface area contributed by atoms with Crippen molar-refractivity contribution >= 4 is 11.8 Å². The molecule has 118 valence electrons. The lowest BCUT2D eigenvalue weighted by molar-refractivity contribution is -0.135. The first-order valence-corrected chi connectivity index (χ1v) is 7.43. The van der Waals surface area contributed by atoms with Crippen molar-refractivity contribution in [3.63, 3.8) is 0 Å². The fourth-order valence-electron chi connectivity index (χ4n) is 2.26. The summed E-state index contributed by atoms with van der Waals surface area (Å²) in [4.78, 5) is 25.0. The van der Waals surface area contributed by atoms with Crippen molar-refractivity contribution in [2.24, 2.45) is 17.1 Å². The minimum atomic E-state index is -0.113. The van der Waals surface area contributed by atoms with Crippen LogP contribution in [0.15, 0.2) is 0 Å². The third-order valence-electron chi connectivity index (χ3n) is 3.63. The van der Waals surface area contributed by atoms with Crippen LogP contribution < -0.4 is 11.1 Å². The molecule has 20 heavy (non-hydrogen) atoms. The molecular weight excluding hydrogens is 254 g/mol. The smallest absolute Gasteiger partial charge is 0.239 e. The fourth-order valence-corrected chi connectivity index (χ4v) is 2.26. The lowest BCUT2D eigenvalue weighted by Crippen LogP contribution is -2.38. The van der Waals surface area contributed by atoms with Gasteiger partial charge in [0, 0.05) is 20.0 Å². The number of nitrogens with zero attached hydrogens (tertiary/aromatic N) is 1. The molecule has 0 heterocycles. The molecule has 0 bridgehead atoms. The highest BCUT2D eigenvalue weighted by atomic mass is 16.2. The minimum absolute atomic E-state index is 0.0162. The van der Waals surface area contributed by atoms with Gasteiger partial charge >= 0.3 is 0 Å². The van der Waals surface area contributed by atoms with Gasteiger partial charge in [-0.3, -0.25) is 9.59 Å². The predicted octanol–water partition coefficient (Wildman–Crippen LogP) is 1.37. The Morgan fingerprint density at radius 3 is 2.30 bits per heavy atom. The van der Waals surface area contributed by atoms with Gasteiger partial charge in [-0.25, -0.2) is 0 Å². The number of hydrogen-bond acceptors (Lipinski definition) is 3. The van der Waals surface area contributed by atoms with Crippen LogP contribution in [0.1, 0.15) is 47.0 Å². The summed E-state index contributed by atoms with van der Waals surface area (Å²) in [7, 11) is 1.67. The second-order valence-electron chi connectivity index (χ2n) is 6.38. The average Bonchev–Trinajstić information content (AvgIpc) is 2.32. The second kappa shape index (κ2) is 8.95. The van der Waals surface area contributed by atoms with Gasteiger partial charge in [-0.2, -0.15) is 0 Å². The first kappa shape index (κ1) is 18.9. The molecule has 1 unspecified atom stereocenters. The van der Waals surface area contributed by atoms with Crippen LogP contribution in [0, 0.1) is 11.3 Å². The van der Waals surface area contributed by atoms with Gasteiger partial charge in [0.25, 0.3) is 0 Å². The molecule has 0 aromatic rings. The highest BCUT2D eigenvalue weighted by molar-refractivity contribution is 5.84. The Hall–Kier alpha value is -1.10. The Bertz CT molecular complexity index is 311. The molecule has 5 heteroatoms. The number of carbonyl (C=O) groups excluding carboxylic acids is 2. The summed E-state index contributed by atoms with van der Waals surface area (Å²) >= 11 is 0. The molecule has 1 atom stereocenters. The number of rotatable bonds is 8. The zero-order chi connectivity index (χ0) is 15.8. The maximum Gasteiger partial charge on any atom is 0.239 e. The van der Waals surface area contributed by atoms with E-state index in [-0.39, 0.29) is 23.8 Å². The number of amides is 2. The zero-order valence-corrected chi connectivity index (χ0v) is 13.7. The van der Waals surface area contributed by atoms with Crippen LogP contribution in [0.25, 0.3) is 0 Å². The van der Waals surface area contributed by atoms with Gasteiger partial charge in [-0.05, 0) is 37.6 Å². The van der Waals surface area contributed by atoms with Gasteiger partial charge in [0.2, 0.25) is 11.8 Å². The molecule has 0 saturated carbocycles. The molecular formula is C15H31N3O2. The summed E-state index contributed by atoms with van der Waals surface area (Å²) in [6.45, 7) is 9.75. The van der Waals surface area contributed by atoms with E-state index in [2.05, 4.69) is 26.1 Å². The van der Waals surface area contributed by atoms with Gasteiger partial charge < -0.3 is 16.0 Å². The molecule has 0 rings (SSSR count). The molecule has 0 aliphatic carbocycles. The summed E-state index contributed by atoms with van der Waals surface area (Å²) in [5.41, 5.74) is 5.79. The molecule has 0 aliphatic rings. The molecule has 3 N–H and O–H groups in total. The van der Waals surface area contributed by atoms with Gasteiger partial charge in [-0.15, -0.1) is 0 Å². The zero-order valence-electron chi connectivity index (χ0n) is 13.7. The summed E-state index contributed by atoms with van der Waals surface area (Å²) in [5, 5.41) is 2.69. The van der Waals surface area contributed by atoms with Gasteiger partial charge in [0.05, 0.1) is 6.54 Å². The molecule has 0 aliphatic heterocycles. The quantitative estimate of drug-likeness (QED) is 0.707. The van der Waals surface area contributed by atoms with Crippen LogP contribution in [0.3, 0.4) is 0 Å². The van der Waals surface area contributed by atoms with E-state index in [1.807, 2.05) is 6.92 Å². The van der Waals surface area contributed by atoms with E-state index >= 15 is 0 Å². The Kier molecular flexibility index (Phi) is 8.46. The normalized spacial score (nSPS) is 12.9. The van der Waals surface area contributed by atoms with Gasteiger partial charge in [0.15, 0.2) is 0 Å². The topological polar surface area (TPSA) is 75.4 Å². The number of likely N-dealkylation sites (N-methyl/N-ethyl adjacent to an activating group) is 2. The molecule has 2 amide bonds. The molecule has 0 aromatic carbocycles. The van der Waals surface area contributed by atoms with Crippen LogP contribution in [-0.2, 0) is 9.59 Å². The van der Waals surface area contributed by atoms with E-state index in [1.54, 1.807) is 7.05 Å². The molecule has 0 fully saturated rings. The molecule has 0 aromatic heterocycles. The fraction of sp³-hybridized carbons (Fsp3) is 0.867. The standard InChI is InChI=1S/C15H31N3O2/c1-6-17-13(19)11-18(5)14(20)8-7-12(9-10-16)15(2,3)4/h12H,6-11,16H2,1-5H3,(H,17,19). The van der Waals surface area contributed by atoms with Crippen molar-refractivity contribution in [3.8, 4) is 0 Å². The monoisotopic (exact) mass is 285 g/mol. The second-order valence-corrected chi connectivity index (χ2v) is 6.38. The third-order valence-corrected chi connectivity index (χ3v) is 3.63. The summed E-state index contributed by atoms with van der Waals surface area (Å²) in [6.07, 6.45) is 2.22. The van der Waals surface area contributed by atoms with Crippen LogP contribution in [-0.4, -0.2) is 43.4 Å². The maximum atomic E-state index is 12.0. The van der Waals surface area contributed by atoms with E-state index in [0.29, 0.717) is 25.4 Å². The largest absolute Gasteiger partial charge is 0.355 e. The van der Waals surface area contributed by atoms with Crippen molar-refractivity contribution < 1.29 is 9.59 Å². The first-order valence-electron chi connectivity index (χ1n) is 7.43. The maximum absolute atomic E-state index is 12.0. The van der Waals surface area contributed by atoms with Crippen molar-refractivity contribution in [2.75, 3.05) is 26.7 Å². The Morgan fingerprint density at radius 1 is 1.25 bits per heavy atom. The first-order chi connectivity index (χ1) is 9.22. The van der Waals surface area contributed by atoms with E-state index < -0.39 is 0 Å². The van der Waals surface area contributed by atoms with Crippen molar-refractivity contribution in [1.82, 2.24) is 10.2 Å². The van der Waals surface area contributed by atoms with Crippen molar-refractivity contribution in [2.45, 2.75) is 47.0 Å². The SMILES string of the molecule is CCNC(=O)CN(C)C(=O)CCC(CCN)C(C)(C)C. The van der Waals surface area contributed by atoms with E-state index in [4.69, 9.17) is 5.73 Å². The van der Waals surface area contributed by atoms with E-state index in [9.17, 15) is 9.59 Å². The third kappa shape index (κ3) is 7.48. The van der Waals surface area contributed by atoms with Crippen molar-refractivity contribution in [3.05, 3.63) is 0 Å². The lowest BCUT2D eigenvalue weighted by atomic mass is 9.76. The number of carbonyl (C=O) groups is 2. The average molecular weight is 285 g/mol. The number of nitrogens with two attached hydrogens (primary N) is 1. The number of nitrogens with one attached hydrogen (secondary N) is 1. The van der Waals surface area contributed by atoms with Crippen LogP contribution in [0.4, 0.5) is 0 Å². The number of hydrogen-bond donors (Lipinski definition) is 2. The summed E-state index contributed by atoms with van der Waals surface area (Å²) in [5.74, 6) is 0.328. The van der Waals surface area contributed by atoms with E-state index in [1.165, 1.54) is 4.90 Å². The summed E-state index contributed by atoms with van der Waals surface area (Å²) < 4.78 is 0. The Labute approximate surface area is 123 Å². The van der Waals surface area contributed by atoms with Crippen LogP contribution >= 0.6 is 0 Å². The lowest BCUT2D eigenvalue weighted by Gasteiger charge is -2.31. The van der Waals surface area contributed by atoms with Crippen LogP contribution in [0.5, 0.6) is 0 Å². The Morgan fingerprint density at radius 2 is 1.85 bits per heavy atom. The Balaban J connectivity index is 4.27. The van der Waals surface area contributed by atoms with E-state index in [0.717, 1.165) is 12.8 Å². The van der Waals surface area contributed by atoms with Gasteiger partial charge in [0.1, 0.15) is 0 Å². The van der Waals surface area contributed by atoms with Crippen molar-refractivity contribution in [1.29, 1.82) is 0 Å².